The Kier molecular flexibility index (Phi) is 6.04. The van der Waals surface area contributed by atoms with Gasteiger partial charge in [0.25, 0.3) is 0 Å². The third-order valence-corrected chi connectivity index (χ3v) is 4.47. The van der Waals surface area contributed by atoms with Gasteiger partial charge in [0.2, 0.25) is 0 Å². The fraction of sp³-hybridized carbons (Fsp3) is 0.400. The maximum Gasteiger partial charge on any atom is 0.183 e. The van der Waals surface area contributed by atoms with Crippen LogP contribution in [0, 0.1) is 0 Å². The Hall–Kier alpha value is -1.92. The fourth-order valence-corrected chi connectivity index (χ4v) is 3.03. The smallest absolute Gasteiger partial charge is 0.183 e. The van der Waals surface area contributed by atoms with Crippen LogP contribution in [0.4, 0.5) is 0 Å². The summed E-state index contributed by atoms with van der Waals surface area (Å²) in [5.41, 5.74) is 2.16. The highest BCUT2D eigenvalue weighted by molar-refractivity contribution is 5.26. The zero-order valence-electron chi connectivity index (χ0n) is 14.2. The van der Waals surface area contributed by atoms with Gasteiger partial charge in [0.15, 0.2) is 6.29 Å². The monoisotopic (exact) mass is 344 g/mol. The second-order valence-corrected chi connectivity index (χ2v) is 6.20. The van der Waals surface area contributed by atoms with E-state index in [2.05, 4.69) is 12.1 Å². The van der Waals surface area contributed by atoms with Gasteiger partial charge < -0.3 is 24.4 Å². The third kappa shape index (κ3) is 4.58. The molecule has 0 radical (unpaired) electrons. The molecule has 4 atom stereocenters. The summed E-state index contributed by atoms with van der Waals surface area (Å²) in [7, 11) is 1.62. The van der Waals surface area contributed by atoms with Gasteiger partial charge in [0.05, 0.1) is 19.8 Å². The molecule has 5 nitrogen and oxygen atoms in total. The Morgan fingerprint density at radius 2 is 1.68 bits per heavy atom. The number of hydrogen-bond acceptors (Lipinski definition) is 5. The van der Waals surface area contributed by atoms with Crippen molar-refractivity contribution in [3.8, 4) is 5.75 Å². The molecule has 0 amide bonds. The number of aliphatic hydroxyl groups excluding tert-OH is 2. The van der Waals surface area contributed by atoms with Crippen LogP contribution in [0.5, 0.6) is 5.75 Å². The molecule has 2 aromatic carbocycles. The molecule has 0 bridgehead atoms. The predicted molar refractivity (Wildman–Crippen MR) is 93.2 cm³/mol. The molecule has 25 heavy (non-hydrogen) atoms. The van der Waals surface area contributed by atoms with Crippen LogP contribution < -0.4 is 4.74 Å². The number of benzene rings is 2. The Morgan fingerprint density at radius 3 is 2.36 bits per heavy atom. The van der Waals surface area contributed by atoms with Crippen LogP contribution in [-0.4, -0.2) is 41.9 Å². The lowest BCUT2D eigenvalue weighted by Crippen LogP contribution is -2.35. The van der Waals surface area contributed by atoms with Crippen LogP contribution in [0.1, 0.15) is 17.5 Å². The molecule has 0 spiro atoms. The van der Waals surface area contributed by atoms with Crippen LogP contribution in [-0.2, 0) is 22.5 Å². The topological polar surface area (TPSA) is 68.2 Å². The predicted octanol–water partition coefficient (Wildman–Crippen LogP) is 2.29. The van der Waals surface area contributed by atoms with Crippen molar-refractivity contribution in [3.05, 3.63) is 65.7 Å². The first-order chi connectivity index (χ1) is 12.2. The summed E-state index contributed by atoms with van der Waals surface area (Å²) < 4.78 is 16.5. The van der Waals surface area contributed by atoms with E-state index >= 15 is 0 Å². The van der Waals surface area contributed by atoms with Crippen molar-refractivity contribution in [1.82, 2.24) is 0 Å². The number of ether oxygens (including phenoxy) is 3. The lowest BCUT2D eigenvalue weighted by atomic mass is 10.0. The highest BCUT2D eigenvalue weighted by Crippen LogP contribution is 2.27. The number of hydrogen-bond donors (Lipinski definition) is 2. The van der Waals surface area contributed by atoms with Crippen molar-refractivity contribution < 1.29 is 24.4 Å². The van der Waals surface area contributed by atoms with E-state index in [1.807, 2.05) is 42.5 Å². The number of aryl methyl sites for hydroxylation is 1. The average Bonchev–Trinajstić information content (AvgIpc) is 2.93. The van der Waals surface area contributed by atoms with Crippen molar-refractivity contribution >= 4 is 0 Å². The fourth-order valence-electron chi connectivity index (χ4n) is 3.03. The lowest BCUT2D eigenvalue weighted by molar-refractivity contribution is -0.128. The third-order valence-electron chi connectivity index (χ3n) is 4.47. The van der Waals surface area contributed by atoms with Gasteiger partial charge in [-0.05, 0) is 36.1 Å². The summed E-state index contributed by atoms with van der Waals surface area (Å²) in [4.78, 5) is 0. The second kappa shape index (κ2) is 8.45. The normalized spacial score (nSPS) is 25.9. The summed E-state index contributed by atoms with van der Waals surface area (Å²) in [6.07, 6.45) is -1.68. The molecule has 3 rings (SSSR count). The zero-order valence-corrected chi connectivity index (χ0v) is 14.2. The minimum absolute atomic E-state index is 0.337. The number of rotatable bonds is 7. The molecule has 0 saturated carbocycles. The first kappa shape index (κ1) is 17.9. The van der Waals surface area contributed by atoms with E-state index < -0.39 is 18.5 Å². The van der Waals surface area contributed by atoms with Gasteiger partial charge in [-0.2, -0.15) is 0 Å². The maximum atomic E-state index is 10.2. The summed E-state index contributed by atoms with van der Waals surface area (Å²) >= 11 is 0. The van der Waals surface area contributed by atoms with Crippen molar-refractivity contribution in [2.75, 3.05) is 7.11 Å². The quantitative estimate of drug-likeness (QED) is 0.807. The van der Waals surface area contributed by atoms with E-state index in [-0.39, 0.29) is 6.10 Å². The van der Waals surface area contributed by atoms with Crippen LogP contribution in [0.3, 0.4) is 0 Å². The second-order valence-electron chi connectivity index (χ2n) is 6.20. The maximum absolute atomic E-state index is 10.2. The number of aliphatic hydroxyl groups is 2. The van der Waals surface area contributed by atoms with Crippen LogP contribution >= 0.6 is 0 Å². The molecule has 2 N–H and O–H groups in total. The number of methoxy groups -OCH3 is 1. The first-order valence-electron chi connectivity index (χ1n) is 8.47. The van der Waals surface area contributed by atoms with E-state index in [4.69, 9.17) is 14.2 Å². The van der Waals surface area contributed by atoms with Gasteiger partial charge in [0.1, 0.15) is 18.0 Å². The van der Waals surface area contributed by atoms with Crippen molar-refractivity contribution in [2.45, 2.75) is 44.1 Å². The molecule has 1 heterocycles. The minimum atomic E-state index is -1.21. The van der Waals surface area contributed by atoms with Gasteiger partial charge >= 0.3 is 0 Å². The average molecular weight is 344 g/mol. The van der Waals surface area contributed by atoms with Crippen molar-refractivity contribution in [2.24, 2.45) is 0 Å². The van der Waals surface area contributed by atoms with E-state index in [0.717, 1.165) is 17.7 Å². The van der Waals surface area contributed by atoms with Gasteiger partial charge in [0, 0.05) is 0 Å². The Labute approximate surface area is 147 Å². The highest BCUT2D eigenvalue weighted by Gasteiger charge is 2.43. The van der Waals surface area contributed by atoms with Gasteiger partial charge in [-0.15, -0.1) is 0 Å². The molecule has 5 heteroatoms. The van der Waals surface area contributed by atoms with E-state index in [1.165, 1.54) is 5.56 Å². The van der Waals surface area contributed by atoms with E-state index in [9.17, 15) is 10.2 Å². The molecular formula is C20H24O5. The van der Waals surface area contributed by atoms with Gasteiger partial charge in [-0.1, -0.05) is 42.5 Å². The molecular weight excluding hydrogens is 320 g/mol. The molecule has 2 aromatic rings. The molecule has 0 aromatic heterocycles. The molecule has 1 aliphatic rings. The Morgan fingerprint density at radius 1 is 0.960 bits per heavy atom. The minimum Gasteiger partial charge on any atom is -0.497 e. The van der Waals surface area contributed by atoms with Crippen LogP contribution in [0.15, 0.2) is 54.6 Å². The van der Waals surface area contributed by atoms with E-state index in [1.54, 1.807) is 7.11 Å². The van der Waals surface area contributed by atoms with Crippen molar-refractivity contribution in [1.29, 1.82) is 0 Å². The van der Waals surface area contributed by atoms with Gasteiger partial charge in [-0.25, -0.2) is 0 Å². The Balaban J connectivity index is 1.58. The summed E-state index contributed by atoms with van der Waals surface area (Å²) in [6.45, 7) is 0.337. The standard InChI is InChI=1S/C20H24O5/c1-23-16-10-7-15(8-11-16)13-24-19-17(25-20(22)18(19)21)12-9-14-5-3-2-4-6-14/h2-8,10-11,17-22H,9,12-13H2,1H3/t17-,18+,19-,20-/m0/s1. The molecule has 1 fully saturated rings. The summed E-state index contributed by atoms with van der Waals surface area (Å²) in [5.74, 6) is 0.782. The lowest BCUT2D eigenvalue weighted by Gasteiger charge is -2.20. The SMILES string of the molecule is COc1ccc(CO[C@@H]2[C@@H](O)[C@@H](O)O[C@H]2CCc2ccccc2)cc1. The molecule has 0 unspecified atom stereocenters. The van der Waals surface area contributed by atoms with Crippen LogP contribution in [0.2, 0.25) is 0 Å². The van der Waals surface area contributed by atoms with Crippen molar-refractivity contribution in [3.63, 3.8) is 0 Å². The largest absolute Gasteiger partial charge is 0.497 e. The van der Waals surface area contributed by atoms with Gasteiger partial charge in [-0.3, -0.25) is 0 Å². The van der Waals surface area contributed by atoms with Crippen LogP contribution in [0.25, 0.3) is 0 Å². The summed E-state index contributed by atoms with van der Waals surface area (Å²) in [5, 5.41) is 20.0. The molecule has 1 saturated heterocycles. The van der Waals surface area contributed by atoms with E-state index in [0.29, 0.717) is 13.0 Å². The highest BCUT2D eigenvalue weighted by atomic mass is 16.7. The Bertz CT molecular complexity index is 643. The summed E-state index contributed by atoms with van der Waals surface area (Å²) in [6, 6.07) is 17.6. The zero-order chi connectivity index (χ0) is 17.6. The first-order valence-corrected chi connectivity index (χ1v) is 8.47. The molecule has 0 aliphatic carbocycles. The molecule has 1 aliphatic heterocycles. The molecule has 134 valence electrons.